The maximum absolute atomic E-state index is 12.9. The van der Waals surface area contributed by atoms with E-state index >= 15 is 0 Å². The van der Waals surface area contributed by atoms with E-state index < -0.39 is 0 Å². The first-order valence-electron chi connectivity index (χ1n) is 9.33. The van der Waals surface area contributed by atoms with Gasteiger partial charge in [-0.1, -0.05) is 23.7 Å². The summed E-state index contributed by atoms with van der Waals surface area (Å²) in [6, 6.07) is 14.7. The molecule has 1 amide bonds. The predicted molar refractivity (Wildman–Crippen MR) is 115 cm³/mol. The lowest BCUT2D eigenvalue weighted by Gasteiger charge is -2.17. The Morgan fingerprint density at radius 3 is 2.53 bits per heavy atom. The van der Waals surface area contributed by atoms with E-state index in [1.807, 2.05) is 60.3 Å². The fraction of sp³-hybridized carbons (Fsp3) is 0.136. The molecule has 2 aromatic heterocycles. The molecule has 0 spiro atoms. The second-order valence-corrected chi connectivity index (χ2v) is 7.13. The van der Waals surface area contributed by atoms with Crippen LogP contribution in [0.4, 0.5) is 0 Å². The van der Waals surface area contributed by atoms with E-state index in [1.165, 1.54) is 13.4 Å². The molecule has 0 saturated carbocycles. The lowest BCUT2D eigenvalue weighted by Crippen LogP contribution is -2.27. The Hall–Kier alpha value is -3.58. The summed E-state index contributed by atoms with van der Waals surface area (Å²) >= 11 is 6.44. The van der Waals surface area contributed by atoms with Crippen LogP contribution in [0.2, 0.25) is 5.02 Å². The minimum absolute atomic E-state index is 0.213. The fourth-order valence-corrected chi connectivity index (χ4v) is 3.46. The first kappa shape index (κ1) is 19.7. The summed E-state index contributed by atoms with van der Waals surface area (Å²) in [5.41, 5.74) is 2.97. The van der Waals surface area contributed by atoms with Crippen LogP contribution in [-0.2, 0) is 0 Å². The number of halogens is 1. The summed E-state index contributed by atoms with van der Waals surface area (Å²) in [5, 5.41) is 7.57. The van der Waals surface area contributed by atoms with Crippen molar-refractivity contribution in [2.45, 2.75) is 13.0 Å². The van der Waals surface area contributed by atoms with Crippen molar-refractivity contribution in [3.63, 3.8) is 0 Å². The highest BCUT2D eigenvalue weighted by atomic mass is 35.5. The van der Waals surface area contributed by atoms with Crippen LogP contribution >= 0.6 is 11.6 Å². The molecular formula is C22H20ClN5O2. The highest BCUT2D eigenvalue weighted by Gasteiger charge is 2.19. The van der Waals surface area contributed by atoms with Crippen LogP contribution < -0.4 is 10.1 Å². The number of benzene rings is 2. The summed E-state index contributed by atoms with van der Waals surface area (Å²) in [6.07, 6.45) is 6.88. The van der Waals surface area contributed by atoms with Crippen molar-refractivity contribution in [1.29, 1.82) is 0 Å². The molecule has 1 N–H and O–H groups in total. The third-order valence-corrected chi connectivity index (χ3v) is 5.12. The molecule has 2 aromatic carbocycles. The van der Waals surface area contributed by atoms with E-state index in [0.717, 1.165) is 16.9 Å². The van der Waals surface area contributed by atoms with Crippen LogP contribution in [0.25, 0.3) is 11.4 Å². The molecule has 8 heteroatoms. The summed E-state index contributed by atoms with van der Waals surface area (Å²) in [4.78, 5) is 16.9. The normalized spacial score (nSPS) is 11.8. The Morgan fingerprint density at radius 1 is 1.17 bits per heavy atom. The van der Waals surface area contributed by atoms with Gasteiger partial charge in [0.05, 0.1) is 35.1 Å². The van der Waals surface area contributed by atoms with Gasteiger partial charge in [0, 0.05) is 18.5 Å². The standard InChI is InChI=1S/C22H20ClN5O2/c1-15(16-5-7-17(8-6-16)28-14-24-13-25-28)26-22(29)18-11-19(23)20(12-21(18)30-2)27-9-3-4-10-27/h3-15H,1-2H3,(H,26,29). The van der Waals surface area contributed by atoms with E-state index in [9.17, 15) is 4.79 Å². The monoisotopic (exact) mass is 421 g/mol. The number of rotatable bonds is 6. The first-order valence-corrected chi connectivity index (χ1v) is 9.71. The molecule has 1 atom stereocenters. The highest BCUT2D eigenvalue weighted by molar-refractivity contribution is 6.33. The van der Waals surface area contributed by atoms with Crippen LogP contribution in [0, 0.1) is 0 Å². The zero-order valence-electron chi connectivity index (χ0n) is 16.5. The van der Waals surface area contributed by atoms with Crippen molar-refractivity contribution in [3.8, 4) is 17.1 Å². The molecule has 0 bridgehead atoms. The number of methoxy groups -OCH3 is 1. The summed E-state index contributed by atoms with van der Waals surface area (Å²) < 4.78 is 9.00. The van der Waals surface area contributed by atoms with Crippen molar-refractivity contribution >= 4 is 17.5 Å². The second kappa shape index (κ2) is 8.42. The Kier molecular flexibility index (Phi) is 5.54. The third-order valence-electron chi connectivity index (χ3n) is 4.82. The fourth-order valence-electron chi connectivity index (χ4n) is 3.20. The van der Waals surface area contributed by atoms with E-state index in [1.54, 1.807) is 23.1 Å². The molecule has 0 aliphatic heterocycles. The number of nitrogens with one attached hydrogen (secondary N) is 1. The minimum atomic E-state index is -0.263. The van der Waals surface area contributed by atoms with Gasteiger partial charge in [-0.2, -0.15) is 5.10 Å². The second-order valence-electron chi connectivity index (χ2n) is 6.72. The Morgan fingerprint density at radius 2 is 1.90 bits per heavy atom. The topological polar surface area (TPSA) is 74.0 Å². The first-order chi connectivity index (χ1) is 14.6. The number of ether oxygens (including phenoxy) is 1. The van der Waals surface area contributed by atoms with Crippen molar-refractivity contribution in [1.82, 2.24) is 24.6 Å². The molecule has 0 saturated heterocycles. The number of carbonyl (C=O) groups excluding carboxylic acids is 1. The maximum Gasteiger partial charge on any atom is 0.255 e. The van der Waals surface area contributed by atoms with Gasteiger partial charge >= 0.3 is 0 Å². The molecule has 0 radical (unpaired) electrons. The molecule has 30 heavy (non-hydrogen) atoms. The summed E-state index contributed by atoms with van der Waals surface area (Å²) in [5.74, 6) is 0.190. The van der Waals surface area contributed by atoms with E-state index in [0.29, 0.717) is 16.3 Å². The molecule has 4 aromatic rings. The number of amides is 1. The quantitative estimate of drug-likeness (QED) is 0.506. The lowest BCUT2D eigenvalue weighted by atomic mass is 10.1. The lowest BCUT2D eigenvalue weighted by molar-refractivity contribution is 0.0937. The summed E-state index contributed by atoms with van der Waals surface area (Å²) in [7, 11) is 1.53. The number of hydrogen-bond acceptors (Lipinski definition) is 4. The van der Waals surface area contributed by atoms with E-state index in [4.69, 9.17) is 16.3 Å². The molecule has 0 aliphatic carbocycles. The average Bonchev–Trinajstić information content (AvgIpc) is 3.48. The Balaban J connectivity index is 1.54. The van der Waals surface area contributed by atoms with Gasteiger partial charge in [-0.05, 0) is 42.8 Å². The van der Waals surface area contributed by atoms with Crippen LogP contribution in [0.5, 0.6) is 5.75 Å². The Labute approximate surface area is 178 Å². The van der Waals surface area contributed by atoms with Gasteiger partial charge in [0.1, 0.15) is 18.4 Å². The van der Waals surface area contributed by atoms with Crippen LogP contribution in [-0.4, -0.2) is 32.3 Å². The number of nitrogens with zero attached hydrogens (tertiary/aromatic N) is 4. The number of aromatic nitrogens is 4. The van der Waals surface area contributed by atoms with Gasteiger partial charge < -0.3 is 14.6 Å². The largest absolute Gasteiger partial charge is 0.496 e. The average molecular weight is 422 g/mol. The number of carbonyl (C=O) groups is 1. The van der Waals surface area contributed by atoms with Crippen molar-refractivity contribution in [2.24, 2.45) is 0 Å². The molecule has 0 fully saturated rings. The zero-order valence-corrected chi connectivity index (χ0v) is 17.2. The van der Waals surface area contributed by atoms with Gasteiger partial charge in [0.15, 0.2) is 0 Å². The molecule has 1 unspecified atom stereocenters. The molecule has 2 heterocycles. The van der Waals surface area contributed by atoms with Gasteiger partial charge in [0.2, 0.25) is 0 Å². The SMILES string of the molecule is COc1cc(-n2cccc2)c(Cl)cc1C(=O)NC(C)c1ccc(-n2cncn2)cc1. The van der Waals surface area contributed by atoms with Crippen molar-refractivity contribution in [3.05, 3.63) is 89.7 Å². The van der Waals surface area contributed by atoms with Gasteiger partial charge in [-0.3, -0.25) is 4.79 Å². The molecule has 4 rings (SSSR count). The molecule has 0 aliphatic rings. The van der Waals surface area contributed by atoms with Gasteiger partial charge in [0.25, 0.3) is 5.91 Å². The van der Waals surface area contributed by atoms with Crippen molar-refractivity contribution < 1.29 is 9.53 Å². The van der Waals surface area contributed by atoms with E-state index in [-0.39, 0.29) is 11.9 Å². The molecular weight excluding hydrogens is 402 g/mol. The molecule has 7 nitrogen and oxygen atoms in total. The van der Waals surface area contributed by atoms with Crippen LogP contribution in [0.1, 0.15) is 28.9 Å². The highest BCUT2D eigenvalue weighted by Crippen LogP contribution is 2.30. The van der Waals surface area contributed by atoms with Gasteiger partial charge in [-0.15, -0.1) is 0 Å². The van der Waals surface area contributed by atoms with Crippen molar-refractivity contribution in [2.75, 3.05) is 7.11 Å². The smallest absolute Gasteiger partial charge is 0.255 e. The number of hydrogen-bond donors (Lipinski definition) is 1. The maximum atomic E-state index is 12.9. The third kappa shape index (κ3) is 3.92. The van der Waals surface area contributed by atoms with Crippen LogP contribution in [0.3, 0.4) is 0 Å². The van der Waals surface area contributed by atoms with Gasteiger partial charge in [-0.25, -0.2) is 9.67 Å². The predicted octanol–water partition coefficient (Wildman–Crippen LogP) is 4.21. The van der Waals surface area contributed by atoms with E-state index in [2.05, 4.69) is 15.4 Å². The Bertz CT molecular complexity index is 1140. The van der Waals surface area contributed by atoms with Crippen LogP contribution in [0.15, 0.2) is 73.6 Å². The molecule has 152 valence electrons. The summed E-state index contributed by atoms with van der Waals surface area (Å²) in [6.45, 7) is 1.92. The minimum Gasteiger partial charge on any atom is -0.496 e. The zero-order chi connectivity index (χ0) is 21.1.